The van der Waals surface area contributed by atoms with E-state index in [0.717, 1.165) is 0 Å². The Morgan fingerprint density at radius 3 is 2.78 bits per heavy atom. The van der Waals surface area contributed by atoms with Gasteiger partial charge in [0, 0.05) is 50.6 Å². The summed E-state index contributed by atoms with van der Waals surface area (Å²) in [7, 11) is 1.52. The van der Waals surface area contributed by atoms with Crippen molar-refractivity contribution in [2.75, 3.05) is 63.6 Å². The first-order valence-electron chi connectivity index (χ1n) is 14.8. The van der Waals surface area contributed by atoms with Gasteiger partial charge >= 0.3 is 0 Å². The van der Waals surface area contributed by atoms with Gasteiger partial charge in [-0.15, -0.1) is 0 Å². The molecule has 3 aliphatic heterocycles. The molecular weight excluding hydrogens is 607 g/mol. The third kappa shape index (κ3) is 7.77. The number of anilines is 2. The van der Waals surface area contributed by atoms with Gasteiger partial charge in [0.25, 0.3) is 11.7 Å². The molecule has 1 aromatic carbocycles. The second-order valence-corrected chi connectivity index (χ2v) is 11.7. The smallest absolute Gasteiger partial charge is 0.290 e. The van der Waals surface area contributed by atoms with Crippen LogP contribution in [0.1, 0.15) is 35.7 Å². The molecule has 1 saturated heterocycles. The fourth-order valence-electron chi connectivity index (χ4n) is 5.49. The Hall–Kier alpha value is -4.09. The number of carbonyl (C=O) groups excluding carboxylic acids is 2. The molecular formula is C31H36F3N7O3S. The van der Waals surface area contributed by atoms with Crippen LogP contribution in [-0.4, -0.2) is 102 Å². The molecule has 5 heterocycles. The quantitative estimate of drug-likeness (QED) is 0.291. The number of carbonyl (C=O) groups is 2. The lowest BCUT2D eigenvalue weighted by Gasteiger charge is -2.35. The summed E-state index contributed by atoms with van der Waals surface area (Å²) >= 11 is 0.367. The number of benzene rings is 1. The second kappa shape index (κ2) is 14.8. The third-order valence-corrected chi connectivity index (χ3v) is 8.74. The number of piperidine rings is 1. The van der Waals surface area contributed by atoms with Crippen LogP contribution in [0.4, 0.5) is 24.7 Å². The molecule has 14 heteroatoms. The average molecular weight is 644 g/mol. The van der Waals surface area contributed by atoms with Crippen LogP contribution in [0, 0.1) is 11.8 Å². The lowest BCUT2D eigenvalue weighted by molar-refractivity contribution is -0.133. The van der Waals surface area contributed by atoms with Gasteiger partial charge in [-0.25, -0.2) is 9.37 Å². The minimum Gasteiger partial charge on any atom is -0.495 e. The highest BCUT2D eigenvalue weighted by Gasteiger charge is 2.32. The van der Waals surface area contributed by atoms with Crippen LogP contribution in [-0.2, 0) is 4.79 Å². The highest BCUT2D eigenvalue weighted by atomic mass is 32.2. The van der Waals surface area contributed by atoms with Crippen molar-refractivity contribution in [3.63, 3.8) is 0 Å². The Bertz CT molecular complexity index is 1590. The van der Waals surface area contributed by atoms with Crippen LogP contribution in [0.5, 0.6) is 5.75 Å². The number of halogens is 3. The van der Waals surface area contributed by atoms with E-state index < -0.39 is 18.0 Å². The molecule has 1 fully saturated rings. The van der Waals surface area contributed by atoms with E-state index in [9.17, 15) is 18.4 Å². The largest absolute Gasteiger partial charge is 0.495 e. The molecule has 3 N–H and O–H groups in total. The molecule has 45 heavy (non-hydrogen) atoms. The summed E-state index contributed by atoms with van der Waals surface area (Å²) in [4.78, 5) is 33.9. The zero-order valence-electron chi connectivity index (χ0n) is 25.1. The molecule has 6 rings (SSSR count). The molecule has 3 aliphatic rings. The van der Waals surface area contributed by atoms with E-state index in [1.807, 2.05) is 6.92 Å². The Morgan fingerprint density at radius 1 is 1.18 bits per heavy atom. The Kier molecular flexibility index (Phi) is 10.6. The summed E-state index contributed by atoms with van der Waals surface area (Å²) in [6.07, 6.45) is 2.28. The third-order valence-electron chi connectivity index (χ3n) is 7.92. The molecule has 0 spiro atoms. The standard InChI is InChI=1S/C31H36F3N7O3S/c1-3-39-13-9-27(42)40-14-8-23(22(32)19-40)38-28-25-18-21(30(45-31(33)34)41(25)16-12-36-28)5-4-10-35-24-17-20(6-7-26(24)44-2)29(43)37-11-15-39/h6-7,12,16-18,22-23,31,35H,3,8-11,13-15,19H2,1-2H3,(H,36,38)(H,37,43). The molecule has 6 bridgehead atoms. The van der Waals surface area contributed by atoms with Gasteiger partial charge in [-0.1, -0.05) is 18.8 Å². The first kappa shape index (κ1) is 32.3. The highest BCUT2D eigenvalue weighted by molar-refractivity contribution is 7.99. The molecule has 0 aliphatic carbocycles. The number of rotatable bonds is 4. The lowest BCUT2D eigenvalue weighted by Crippen LogP contribution is -2.50. The predicted molar refractivity (Wildman–Crippen MR) is 168 cm³/mol. The van der Waals surface area contributed by atoms with Crippen LogP contribution >= 0.6 is 11.8 Å². The van der Waals surface area contributed by atoms with Gasteiger partial charge in [-0.2, -0.15) is 8.78 Å². The maximum atomic E-state index is 15.4. The number of hydrogen-bond donors (Lipinski definition) is 3. The van der Waals surface area contributed by atoms with Gasteiger partial charge < -0.3 is 34.9 Å². The normalized spacial score (nSPS) is 20.3. The lowest BCUT2D eigenvalue weighted by atomic mass is 10.0. The van der Waals surface area contributed by atoms with E-state index in [1.165, 1.54) is 13.3 Å². The topological polar surface area (TPSA) is 103 Å². The van der Waals surface area contributed by atoms with E-state index in [4.69, 9.17) is 4.74 Å². The maximum Gasteiger partial charge on any atom is 0.290 e. The molecule has 0 radical (unpaired) electrons. The van der Waals surface area contributed by atoms with E-state index >= 15 is 4.39 Å². The molecule has 2 unspecified atom stereocenters. The van der Waals surface area contributed by atoms with Gasteiger partial charge in [0.1, 0.15) is 16.9 Å². The summed E-state index contributed by atoms with van der Waals surface area (Å²) in [5, 5.41) is 9.47. The fourth-order valence-corrected chi connectivity index (χ4v) is 6.17. The summed E-state index contributed by atoms with van der Waals surface area (Å²) in [5.74, 6) is 3.72. The van der Waals surface area contributed by atoms with Crippen molar-refractivity contribution in [2.24, 2.45) is 0 Å². The molecule has 240 valence electrons. The van der Waals surface area contributed by atoms with E-state index in [1.54, 1.807) is 39.8 Å². The number of nitrogens with zero attached hydrogens (tertiary/aromatic N) is 4. The predicted octanol–water partition coefficient (Wildman–Crippen LogP) is 3.93. The van der Waals surface area contributed by atoms with E-state index in [-0.39, 0.29) is 36.4 Å². The number of likely N-dealkylation sites (N-methyl/N-ethyl adjacent to an activating group) is 1. The maximum absolute atomic E-state index is 15.4. The van der Waals surface area contributed by atoms with Crippen molar-refractivity contribution in [2.45, 2.75) is 42.8 Å². The van der Waals surface area contributed by atoms with Crippen molar-refractivity contribution in [1.29, 1.82) is 0 Å². The van der Waals surface area contributed by atoms with Gasteiger partial charge in [-0.3, -0.25) is 9.59 Å². The molecule has 10 nitrogen and oxygen atoms in total. The van der Waals surface area contributed by atoms with Crippen LogP contribution in [0.3, 0.4) is 0 Å². The number of ether oxygens (including phenoxy) is 1. The van der Waals surface area contributed by atoms with Crippen molar-refractivity contribution < 1.29 is 27.5 Å². The number of hydrogen-bond acceptors (Lipinski definition) is 8. The van der Waals surface area contributed by atoms with Crippen LogP contribution in [0.25, 0.3) is 5.52 Å². The Morgan fingerprint density at radius 2 is 2.02 bits per heavy atom. The van der Waals surface area contributed by atoms with Crippen molar-refractivity contribution in [1.82, 2.24) is 24.5 Å². The average Bonchev–Trinajstić information content (AvgIpc) is 3.38. The number of amides is 2. The molecule has 2 atom stereocenters. The molecule has 3 aromatic rings. The van der Waals surface area contributed by atoms with Crippen LogP contribution in [0.15, 0.2) is 41.7 Å². The molecule has 2 amide bonds. The number of alkyl halides is 3. The number of nitrogens with one attached hydrogen (secondary N) is 3. The van der Waals surface area contributed by atoms with Gasteiger partial charge in [-0.05, 0) is 49.0 Å². The van der Waals surface area contributed by atoms with Gasteiger partial charge in [0.2, 0.25) is 5.91 Å². The monoisotopic (exact) mass is 643 g/mol. The first-order valence-corrected chi connectivity index (χ1v) is 15.7. The number of aromatic nitrogens is 2. The molecule has 0 saturated carbocycles. The van der Waals surface area contributed by atoms with E-state index in [0.29, 0.717) is 84.8 Å². The zero-order chi connectivity index (χ0) is 31.9. The van der Waals surface area contributed by atoms with Crippen molar-refractivity contribution in [3.8, 4) is 17.6 Å². The summed E-state index contributed by atoms with van der Waals surface area (Å²) in [6.45, 7) is 4.56. The number of fused-ring (bicyclic) bond motifs is 11. The SMILES string of the molecule is CCN1CCNC(=O)c2ccc(OC)c(c2)NCC#Cc2cc3c(nccn3c2SC(F)F)NC2CCN(CC2F)C(=O)CC1. The summed E-state index contributed by atoms with van der Waals surface area (Å²) < 4.78 is 49.6. The first-order chi connectivity index (χ1) is 21.8. The van der Waals surface area contributed by atoms with Crippen LogP contribution < -0.4 is 20.7 Å². The molecule has 2 aromatic heterocycles. The second-order valence-electron chi connectivity index (χ2n) is 10.7. The van der Waals surface area contributed by atoms with E-state index in [2.05, 4.69) is 37.7 Å². The van der Waals surface area contributed by atoms with Crippen molar-refractivity contribution >= 4 is 40.6 Å². The minimum absolute atomic E-state index is 0.0527. The van der Waals surface area contributed by atoms with Crippen LogP contribution in [0.2, 0.25) is 0 Å². The Labute approximate surface area is 264 Å². The Balaban J connectivity index is 1.47. The number of thioether (sulfide) groups is 1. The van der Waals surface area contributed by atoms with Crippen molar-refractivity contribution in [3.05, 3.63) is 47.8 Å². The zero-order valence-corrected chi connectivity index (χ0v) is 25.9. The number of methoxy groups -OCH3 is 1. The highest BCUT2D eigenvalue weighted by Crippen LogP contribution is 2.33. The summed E-state index contributed by atoms with van der Waals surface area (Å²) in [6, 6.07) is 6.05. The van der Waals surface area contributed by atoms with Gasteiger partial charge in [0.05, 0.1) is 43.0 Å². The fraction of sp³-hybridized carbons (Fsp3) is 0.452. The summed E-state index contributed by atoms with van der Waals surface area (Å²) in [5.41, 5.74) is 1.82. The van der Waals surface area contributed by atoms with Gasteiger partial charge in [0.15, 0.2) is 5.82 Å². The minimum atomic E-state index is -2.69.